The van der Waals surface area contributed by atoms with E-state index in [-0.39, 0.29) is 0 Å². The van der Waals surface area contributed by atoms with E-state index in [1.807, 2.05) is 13.1 Å². The van der Waals surface area contributed by atoms with Crippen LogP contribution in [0.4, 0.5) is 4.79 Å². The van der Waals surface area contributed by atoms with E-state index in [9.17, 15) is 4.79 Å². The summed E-state index contributed by atoms with van der Waals surface area (Å²) in [6.07, 6.45) is 3.72. The van der Waals surface area contributed by atoms with E-state index in [0.29, 0.717) is 6.54 Å². The number of aromatic nitrogens is 2. The Balaban J connectivity index is 2.03. The minimum absolute atomic E-state index is 0.484. The zero-order valence-electron chi connectivity index (χ0n) is 8.86. The van der Waals surface area contributed by atoms with Crippen molar-refractivity contribution in [1.82, 2.24) is 20.2 Å². The summed E-state index contributed by atoms with van der Waals surface area (Å²) in [6, 6.07) is -0.484. The molecule has 6 nitrogen and oxygen atoms in total. The molecule has 0 unspecified atom stereocenters. The largest absolute Gasteiger partial charge is 0.352 e. The highest BCUT2D eigenvalue weighted by Crippen LogP contribution is 1.92. The van der Waals surface area contributed by atoms with Gasteiger partial charge in [-0.1, -0.05) is 0 Å². The fraction of sp³-hybridized carbons (Fsp3) is 0.556. The Labute approximate surface area is 88.9 Å². The van der Waals surface area contributed by atoms with Gasteiger partial charge in [-0.3, -0.25) is 0 Å². The molecule has 1 aromatic rings. The first-order valence-electron chi connectivity index (χ1n) is 4.92. The molecule has 4 N–H and O–H groups in total. The molecule has 1 heterocycles. The third-order valence-corrected chi connectivity index (χ3v) is 2.05. The van der Waals surface area contributed by atoms with E-state index in [1.54, 1.807) is 6.20 Å². The molecule has 0 aliphatic rings. The number of imidazole rings is 1. The fourth-order valence-corrected chi connectivity index (χ4v) is 1.24. The number of amides is 2. The van der Waals surface area contributed by atoms with Crippen molar-refractivity contribution in [2.24, 2.45) is 5.73 Å². The predicted molar refractivity (Wildman–Crippen MR) is 57.4 cm³/mol. The molecule has 0 fully saturated rings. The lowest BCUT2D eigenvalue weighted by Gasteiger charge is -2.06. The monoisotopic (exact) mass is 211 g/mol. The number of nitrogens with zero attached hydrogens (tertiary/aromatic N) is 2. The van der Waals surface area contributed by atoms with E-state index in [4.69, 9.17) is 5.73 Å². The number of rotatable bonds is 6. The number of carbonyl (C=O) groups excluding carboxylic acids is 1. The number of aryl methyl sites for hydroxylation is 1. The van der Waals surface area contributed by atoms with Gasteiger partial charge in [-0.25, -0.2) is 9.78 Å². The van der Waals surface area contributed by atoms with Crippen LogP contribution in [0.15, 0.2) is 12.4 Å². The number of primary amides is 1. The molecule has 1 aromatic heterocycles. The first-order chi connectivity index (χ1) is 7.20. The minimum atomic E-state index is -0.484. The summed E-state index contributed by atoms with van der Waals surface area (Å²) in [5, 5.41) is 5.70. The molecule has 0 bridgehead atoms. The molecular formula is C9H17N5O. The maximum Gasteiger partial charge on any atom is 0.312 e. The molecule has 0 radical (unpaired) electrons. The lowest BCUT2D eigenvalue weighted by atomic mass is 10.5. The normalized spacial score (nSPS) is 10.2. The summed E-state index contributed by atoms with van der Waals surface area (Å²) in [4.78, 5) is 14.5. The van der Waals surface area contributed by atoms with Crippen molar-refractivity contribution in [2.75, 3.05) is 19.6 Å². The van der Waals surface area contributed by atoms with E-state index in [0.717, 1.165) is 25.5 Å². The average molecular weight is 211 g/mol. The summed E-state index contributed by atoms with van der Waals surface area (Å²) >= 11 is 0. The third kappa shape index (κ3) is 4.46. The Hall–Kier alpha value is -1.56. The van der Waals surface area contributed by atoms with Crippen molar-refractivity contribution < 1.29 is 4.79 Å². The quantitative estimate of drug-likeness (QED) is 0.552. The van der Waals surface area contributed by atoms with E-state index < -0.39 is 6.03 Å². The SMILES string of the molecule is Cc1nccn1CCNCCNC(N)=O. The van der Waals surface area contributed by atoms with Crippen LogP contribution in [0, 0.1) is 6.92 Å². The Bertz CT molecular complexity index is 309. The maximum atomic E-state index is 10.3. The zero-order chi connectivity index (χ0) is 11.1. The van der Waals surface area contributed by atoms with Crippen molar-refractivity contribution in [2.45, 2.75) is 13.5 Å². The molecule has 0 aliphatic heterocycles. The van der Waals surface area contributed by atoms with Gasteiger partial charge in [0.25, 0.3) is 0 Å². The lowest BCUT2D eigenvalue weighted by molar-refractivity contribution is 0.249. The molecule has 0 spiro atoms. The number of hydrogen-bond acceptors (Lipinski definition) is 3. The highest BCUT2D eigenvalue weighted by molar-refractivity contribution is 5.71. The second-order valence-electron chi connectivity index (χ2n) is 3.21. The average Bonchev–Trinajstić information content (AvgIpc) is 2.57. The van der Waals surface area contributed by atoms with E-state index >= 15 is 0 Å². The molecule has 0 saturated heterocycles. The van der Waals surface area contributed by atoms with Gasteiger partial charge in [0.15, 0.2) is 0 Å². The van der Waals surface area contributed by atoms with Gasteiger partial charge in [-0.15, -0.1) is 0 Å². The molecule has 84 valence electrons. The van der Waals surface area contributed by atoms with Crippen LogP contribution in [0.5, 0.6) is 0 Å². The van der Waals surface area contributed by atoms with Crippen molar-refractivity contribution in [1.29, 1.82) is 0 Å². The summed E-state index contributed by atoms with van der Waals surface area (Å²) < 4.78 is 2.06. The van der Waals surface area contributed by atoms with Gasteiger partial charge in [-0.05, 0) is 6.92 Å². The standard InChI is InChI=1S/C9H17N5O/c1-8-12-5-7-14(8)6-4-11-2-3-13-9(10)15/h5,7,11H,2-4,6H2,1H3,(H3,10,13,15). The smallest absolute Gasteiger partial charge is 0.312 e. The van der Waals surface area contributed by atoms with Crippen LogP contribution in [0.1, 0.15) is 5.82 Å². The molecule has 15 heavy (non-hydrogen) atoms. The topological polar surface area (TPSA) is 85.0 Å². The maximum absolute atomic E-state index is 10.3. The van der Waals surface area contributed by atoms with Crippen LogP contribution in [-0.2, 0) is 6.54 Å². The van der Waals surface area contributed by atoms with Gasteiger partial charge in [0.1, 0.15) is 5.82 Å². The van der Waals surface area contributed by atoms with Crippen molar-refractivity contribution in [3.8, 4) is 0 Å². The van der Waals surface area contributed by atoms with Crippen LogP contribution in [0.2, 0.25) is 0 Å². The highest BCUT2D eigenvalue weighted by Gasteiger charge is 1.95. The van der Waals surface area contributed by atoms with Gasteiger partial charge in [0.2, 0.25) is 0 Å². The van der Waals surface area contributed by atoms with Crippen molar-refractivity contribution in [3.63, 3.8) is 0 Å². The molecule has 0 atom stereocenters. The second kappa shape index (κ2) is 6.02. The van der Waals surface area contributed by atoms with Gasteiger partial charge in [0, 0.05) is 38.6 Å². The summed E-state index contributed by atoms with van der Waals surface area (Å²) in [6.45, 7) is 4.96. The van der Waals surface area contributed by atoms with Gasteiger partial charge in [0.05, 0.1) is 0 Å². The van der Waals surface area contributed by atoms with Crippen LogP contribution in [0.25, 0.3) is 0 Å². The van der Waals surface area contributed by atoms with Crippen LogP contribution in [0.3, 0.4) is 0 Å². The Morgan fingerprint density at radius 2 is 2.33 bits per heavy atom. The Morgan fingerprint density at radius 3 is 2.93 bits per heavy atom. The molecule has 0 saturated carbocycles. The molecule has 1 rings (SSSR count). The molecule has 0 aliphatic carbocycles. The predicted octanol–water partition coefficient (Wildman–Crippen LogP) is -0.551. The van der Waals surface area contributed by atoms with Gasteiger partial charge in [-0.2, -0.15) is 0 Å². The Kier molecular flexibility index (Phi) is 4.62. The third-order valence-electron chi connectivity index (χ3n) is 2.05. The van der Waals surface area contributed by atoms with Crippen molar-refractivity contribution in [3.05, 3.63) is 18.2 Å². The van der Waals surface area contributed by atoms with Crippen LogP contribution < -0.4 is 16.4 Å². The number of carbonyl (C=O) groups is 1. The van der Waals surface area contributed by atoms with E-state index in [1.165, 1.54) is 0 Å². The summed E-state index contributed by atoms with van der Waals surface area (Å²) in [5.41, 5.74) is 4.91. The second-order valence-corrected chi connectivity index (χ2v) is 3.21. The Morgan fingerprint density at radius 1 is 1.53 bits per heavy atom. The first-order valence-corrected chi connectivity index (χ1v) is 4.92. The summed E-state index contributed by atoms with van der Waals surface area (Å²) in [7, 11) is 0. The van der Waals surface area contributed by atoms with Crippen LogP contribution in [-0.4, -0.2) is 35.2 Å². The number of nitrogens with one attached hydrogen (secondary N) is 2. The number of urea groups is 1. The highest BCUT2D eigenvalue weighted by atomic mass is 16.2. The first kappa shape index (κ1) is 11.5. The van der Waals surface area contributed by atoms with Crippen LogP contribution >= 0.6 is 0 Å². The summed E-state index contributed by atoms with van der Waals surface area (Å²) in [5.74, 6) is 1.01. The molecule has 0 aromatic carbocycles. The number of hydrogen-bond donors (Lipinski definition) is 3. The fourth-order valence-electron chi connectivity index (χ4n) is 1.24. The molecule has 2 amide bonds. The van der Waals surface area contributed by atoms with E-state index in [2.05, 4.69) is 20.2 Å². The van der Waals surface area contributed by atoms with Crippen molar-refractivity contribution >= 4 is 6.03 Å². The lowest BCUT2D eigenvalue weighted by Crippen LogP contribution is -2.36. The zero-order valence-corrected chi connectivity index (χ0v) is 8.86. The van der Waals surface area contributed by atoms with Gasteiger partial charge >= 0.3 is 6.03 Å². The minimum Gasteiger partial charge on any atom is -0.352 e. The molecular weight excluding hydrogens is 194 g/mol. The van der Waals surface area contributed by atoms with Gasteiger partial charge < -0.3 is 20.9 Å². The number of nitrogens with two attached hydrogens (primary N) is 1. The molecule has 6 heteroatoms.